The van der Waals surface area contributed by atoms with E-state index in [0.29, 0.717) is 25.0 Å². The molecule has 0 spiro atoms. The van der Waals surface area contributed by atoms with Crippen LogP contribution in [0.3, 0.4) is 0 Å². The van der Waals surface area contributed by atoms with Gasteiger partial charge < -0.3 is 20.1 Å². The number of rotatable bonds is 2. The third-order valence-electron chi connectivity index (χ3n) is 2.92. The van der Waals surface area contributed by atoms with Gasteiger partial charge in [0.15, 0.2) is 11.5 Å². The zero-order valence-corrected chi connectivity index (χ0v) is 10.1. The molecular formula is C13H16N2O3. The van der Waals surface area contributed by atoms with Crippen molar-refractivity contribution in [1.29, 1.82) is 0 Å². The number of hydrogen-bond acceptors (Lipinski definition) is 3. The van der Waals surface area contributed by atoms with Crippen molar-refractivity contribution in [3.8, 4) is 11.5 Å². The summed E-state index contributed by atoms with van der Waals surface area (Å²) in [4.78, 5) is 11.6. The van der Waals surface area contributed by atoms with Crippen molar-refractivity contribution < 1.29 is 14.3 Å². The first kappa shape index (κ1) is 11.2. The van der Waals surface area contributed by atoms with Crippen molar-refractivity contribution in [1.82, 2.24) is 5.32 Å². The van der Waals surface area contributed by atoms with Gasteiger partial charge in [-0.3, -0.25) is 0 Å². The van der Waals surface area contributed by atoms with E-state index in [9.17, 15) is 4.79 Å². The van der Waals surface area contributed by atoms with Crippen molar-refractivity contribution in [2.45, 2.75) is 25.3 Å². The van der Waals surface area contributed by atoms with E-state index >= 15 is 0 Å². The standard InChI is InChI=1S/C13H16N2O3/c16-13(14-9-2-3-9)15-10-4-5-11-12(8-10)18-7-1-6-17-11/h4-5,8-9H,1-3,6-7H2,(H2,14,15,16). The first-order chi connectivity index (χ1) is 8.81. The number of benzene rings is 1. The molecule has 0 saturated heterocycles. The predicted molar refractivity (Wildman–Crippen MR) is 67.2 cm³/mol. The van der Waals surface area contributed by atoms with E-state index in [2.05, 4.69) is 10.6 Å². The predicted octanol–water partition coefficient (Wildman–Crippen LogP) is 2.13. The third kappa shape index (κ3) is 2.67. The molecular weight excluding hydrogens is 232 g/mol. The molecule has 0 aromatic heterocycles. The molecule has 0 radical (unpaired) electrons. The van der Waals surface area contributed by atoms with Gasteiger partial charge in [0.2, 0.25) is 0 Å². The molecule has 1 aromatic carbocycles. The zero-order valence-electron chi connectivity index (χ0n) is 10.1. The third-order valence-corrected chi connectivity index (χ3v) is 2.92. The van der Waals surface area contributed by atoms with Gasteiger partial charge in [-0.1, -0.05) is 0 Å². The topological polar surface area (TPSA) is 59.6 Å². The van der Waals surface area contributed by atoms with Crippen molar-refractivity contribution in [3.63, 3.8) is 0 Å². The Bertz CT molecular complexity index is 458. The fourth-order valence-electron chi connectivity index (χ4n) is 1.82. The summed E-state index contributed by atoms with van der Waals surface area (Å²) < 4.78 is 11.1. The summed E-state index contributed by atoms with van der Waals surface area (Å²) in [6, 6.07) is 5.64. The molecule has 18 heavy (non-hydrogen) atoms. The number of urea groups is 1. The lowest BCUT2D eigenvalue weighted by Crippen LogP contribution is -2.30. The molecule has 0 atom stereocenters. The highest BCUT2D eigenvalue weighted by Crippen LogP contribution is 2.32. The molecule has 5 nitrogen and oxygen atoms in total. The number of amides is 2. The lowest BCUT2D eigenvalue weighted by molar-refractivity contribution is 0.251. The van der Waals surface area contributed by atoms with E-state index in [-0.39, 0.29) is 6.03 Å². The summed E-state index contributed by atoms with van der Waals surface area (Å²) in [6.45, 7) is 1.31. The number of carbonyl (C=O) groups excluding carboxylic acids is 1. The van der Waals surface area contributed by atoms with E-state index in [1.165, 1.54) is 0 Å². The lowest BCUT2D eigenvalue weighted by Gasteiger charge is -2.10. The first-order valence-electron chi connectivity index (χ1n) is 6.28. The maximum absolute atomic E-state index is 11.6. The fourth-order valence-corrected chi connectivity index (χ4v) is 1.82. The van der Waals surface area contributed by atoms with Crippen molar-refractivity contribution >= 4 is 11.7 Å². The highest BCUT2D eigenvalue weighted by Gasteiger charge is 2.23. The van der Waals surface area contributed by atoms with Crippen LogP contribution in [0.2, 0.25) is 0 Å². The quantitative estimate of drug-likeness (QED) is 0.843. The van der Waals surface area contributed by atoms with Crippen LogP contribution in [0.5, 0.6) is 11.5 Å². The molecule has 2 aliphatic rings. The smallest absolute Gasteiger partial charge is 0.319 e. The normalized spacial score (nSPS) is 17.8. The van der Waals surface area contributed by atoms with Gasteiger partial charge in [0, 0.05) is 24.2 Å². The van der Waals surface area contributed by atoms with Crippen LogP contribution in [0.1, 0.15) is 19.3 Å². The number of nitrogens with one attached hydrogen (secondary N) is 2. The second kappa shape index (κ2) is 4.76. The number of fused-ring (bicyclic) bond motifs is 1. The molecule has 3 rings (SSSR count). The second-order valence-corrected chi connectivity index (χ2v) is 4.58. The van der Waals surface area contributed by atoms with E-state index in [1.807, 2.05) is 12.1 Å². The monoisotopic (exact) mass is 248 g/mol. The first-order valence-corrected chi connectivity index (χ1v) is 6.28. The van der Waals surface area contributed by atoms with Crippen LogP contribution in [-0.4, -0.2) is 25.3 Å². The maximum atomic E-state index is 11.6. The van der Waals surface area contributed by atoms with Gasteiger partial charge >= 0.3 is 6.03 Å². The van der Waals surface area contributed by atoms with Gasteiger partial charge in [0.25, 0.3) is 0 Å². The van der Waals surface area contributed by atoms with Gasteiger partial charge in [-0.05, 0) is 25.0 Å². The highest BCUT2D eigenvalue weighted by atomic mass is 16.5. The summed E-state index contributed by atoms with van der Waals surface area (Å²) in [7, 11) is 0. The molecule has 1 heterocycles. The minimum atomic E-state index is -0.160. The molecule has 96 valence electrons. The molecule has 2 N–H and O–H groups in total. The highest BCUT2D eigenvalue weighted by molar-refractivity contribution is 5.90. The van der Waals surface area contributed by atoms with Gasteiger partial charge in [0.05, 0.1) is 13.2 Å². The Hall–Kier alpha value is -1.91. The van der Waals surface area contributed by atoms with Gasteiger partial charge in [0.1, 0.15) is 0 Å². The summed E-state index contributed by atoms with van der Waals surface area (Å²) >= 11 is 0. The minimum absolute atomic E-state index is 0.160. The molecule has 0 bridgehead atoms. The van der Waals surface area contributed by atoms with Crippen LogP contribution < -0.4 is 20.1 Å². The van der Waals surface area contributed by atoms with Crippen LogP contribution in [-0.2, 0) is 0 Å². The van der Waals surface area contributed by atoms with E-state index in [0.717, 1.165) is 30.7 Å². The zero-order chi connectivity index (χ0) is 12.4. The van der Waals surface area contributed by atoms with Crippen LogP contribution in [0, 0.1) is 0 Å². The molecule has 1 aromatic rings. The number of ether oxygens (including phenoxy) is 2. The summed E-state index contributed by atoms with van der Waals surface area (Å²) in [5.74, 6) is 1.43. The summed E-state index contributed by atoms with van der Waals surface area (Å²) in [5.41, 5.74) is 0.720. The minimum Gasteiger partial charge on any atom is -0.490 e. The number of anilines is 1. The Labute approximate surface area is 105 Å². The molecule has 1 aliphatic carbocycles. The van der Waals surface area contributed by atoms with Crippen LogP contribution >= 0.6 is 0 Å². The van der Waals surface area contributed by atoms with Crippen LogP contribution in [0.15, 0.2) is 18.2 Å². The molecule has 1 saturated carbocycles. The van der Waals surface area contributed by atoms with Crippen molar-refractivity contribution in [2.75, 3.05) is 18.5 Å². The second-order valence-electron chi connectivity index (χ2n) is 4.58. The SMILES string of the molecule is O=C(Nc1ccc2c(c1)OCCCO2)NC1CC1. The van der Waals surface area contributed by atoms with Crippen molar-refractivity contribution in [3.05, 3.63) is 18.2 Å². The lowest BCUT2D eigenvalue weighted by atomic mass is 10.3. The molecule has 1 aliphatic heterocycles. The molecule has 5 heteroatoms. The van der Waals surface area contributed by atoms with E-state index in [4.69, 9.17) is 9.47 Å². The molecule has 0 unspecified atom stereocenters. The Kier molecular flexibility index (Phi) is 2.96. The Morgan fingerprint density at radius 2 is 1.94 bits per heavy atom. The average Bonchev–Trinajstić information content (AvgIpc) is 3.15. The average molecular weight is 248 g/mol. The number of carbonyl (C=O) groups is 1. The van der Waals surface area contributed by atoms with E-state index in [1.54, 1.807) is 6.07 Å². The maximum Gasteiger partial charge on any atom is 0.319 e. The Morgan fingerprint density at radius 1 is 1.17 bits per heavy atom. The van der Waals surface area contributed by atoms with Gasteiger partial charge in [-0.25, -0.2) is 4.79 Å². The summed E-state index contributed by atoms with van der Waals surface area (Å²) in [5, 5.41) is 5.67. The number of hydrogen-bond donors (Lipinski definition) is 2. The van der Waals surface area contributed by atoms with Gasteiger partial charge in [-0.15, -0.1) is 0 Å². The fraction of sp³-hybridized carbons (Fsp3) is 0.462. The summed E-state index contributed by atoms with van der Waals surface area (Å²) in [6.07, 6.45) is 3.03. The van der Waals surface area contributed by atoms with Crippen molar-refractivity contribution in [2.24, 2.45) is 0 Å². The van der Waals surface area contributed by atoms with Crippen LogP contribution in [0.4, 0.5) is 10.5 Å². The van der Waals surface area contributed by atoms with E-state index < -0.39 is 0 Å². The Morgan fingerprint density at radius 3 is 2.72 bits per heavy atom. The Balaban J connectivity index is 1.68. The molecule has 1 fully saturated rings. The van der Waals surface area contributed by atoms with Crippen LogP contribution in [0.25, 0.3) is 0 Å². The molecule has 2 amide bonds. The van der Waals surface area contributed by atoms with Gasteiger partial charge in [-0.2, -0.15) is 0 Å². The largest absolute Gasteiger partial charge is 0.490 e.